The van der Waals surface area contributed by atoms with Gasteiger partial charge in [-0.05, 0) is 38.3 Å². The molecule has 0 unspecified atom stereocenters. The van der Waals surface area contributed by atoms with Crippen molar-refractivity contribution in [1.29, 1.82) is 0 Å². The van der Waals surface area contributed by atoms with Crippen molar-refractivity contribution in [3.05, 3.63) is 30.3 Å². The van der Waals surface area contributed by atoms with Crippen LogP contribution in [0.15, 0.2) is 30.3 Å². The summed E-state index contributed by atoms with van der Waals surface area (Å²) in [5.74, 6) is 0.182. The molecule has 1 amide bonds. The molecule has 0 spiro atoms. The first-order valence-electron chi connectivity index (χ1n) is 7.50. The van der Waals surface area contributed by atoms with E-state index in [0.717, 1.165) is 38.1 Å². The number of anilines is 1. The zero-order valence-electron chi connectivity index (χ0n) is 11.9. The molecule has 2 fully saturated rings. The maximum atomic E-state index is 12.5. The number of rotatable bonds is 4. The van der Waals surface area contributed by atoms with Gasteiger partial charge in [0, 0.05) is 24.9 Å². The summed E-state index contributed by atoms with van der Waals surface area (Å²) in [6, 6.07) is 10.1. The highest BCUT2D eigenvalue weighted by molar-refractivity contribution is 5.99. The Bertz CT molecular complexity index is 457. The van der Waals surface area contributed by atoms with Crippen LogP contribution in [-0.4, -0.2) is 37.2 Å². The molecule has 108 valence electrons. The molecule has 0 aliphatic carbocycles. The van der Waals surface area contributed by atoms with Gasteiger partial charge in [0.05, 0.1) is 12.1 Å². The minimum Gasteiger partial charge on any atom is -0.377 e. The molecule has 0 radical (unpaired) electrons. The Hall–Kier alpha value is -1.39. The topological polar surface area (TPSA) is 41.6 Å². The van der Waals surface area contributed by atoms with E-state index >= 15 is 0 Å². The predicted octanol–water partition coefficient (Wildman–Crippen LogP) is 1.95. The van der Waals surface area contributed by atoms with Crippen molar-refractivity contribution in [3.8, 4) is 0 Å². The highest BCUT2D eigenvalue weighted by atomic mass is 16.5. The van der Waals surface area contributed by atoms with Crippen molar-refractivity contribution < 1.29 is 9.53 Å². The van der Waals surface area contributed by atoms with Crippen LogP contribution in [0.3, 0.4) is 0 Å². The third-order valence-corrected chi connectivity index (χ3v) is 4.26. The van der Waals surface area contributed by atoms with Gasteiger partial charge < -0.3 is 15.0 Å². The predicted molar refractivity (Wildman–Crippen MR) is 78.8 cm³/mol. The summed E-state index contributed by atoms with van der Waals surface area (Å²) in [6.45, 7) is 3.76. The Morgan fingerprint density at radius 2 is 2.10 bits per heavy atom. The van der Waals surface area contributed by atoms with Gasteiger partial charge in [0.25, 0.3) is 0 Å². The normalized spacial score (nSPS) is 28.1. The lowest BCUT2D eigenvalue weighted by molar-refractivity contribution is -0.119. The first kappa shape index (κ1) is 13.6. The van der Waals surface area contributed by atoms with Crippen LogP contribution in [0.4, 0.5) is 5.69 Å². The zero-order chi connectivity index (χ0) is 13.9. The molecule has 4 heteroatoms. The van der Waals surface area contributed by atoms with Gasteiger partial charge in [0.15, 0.2) is 0 Å². The molecule has 4 nitrogen and oxygen atoms in total. The number of hydrogen-bond donors (Lipinski definition) is 1. The van der Waals surface area contributed by atoms with Gasteiger partial charge in [0.2, 0.25) is 5.91 Å². The number of para-hydroxylation sites is 1. The van der Waals surface area contributed by atoms with Crippen LogP contribution in [0.25, 0.3) is 0 Å². The number of amides is 1. The Kier molecular flexibility index (Phi) is 4.03. The summed E-state index contributed by atoms with van der Waals surface area (Å²) < 4.78 is 5.68. The fourth-order valence-electron chi connectivity index (χ4n) is 3.12. The summed E-state index contributed by atoms with van der Waals surface area (Å²) in [5, 5.41) is 3.45. The standard InChI is InChI=1S/C16H22N2O2/c1-12(15-8-5-11-20-15)17-14-9-10-18(16(14)19)13-6-3-2-4-7-13/h2-4,6-7,12,14-15,17H,5,8-11H2,1H3/t12-,14+,15-/m0/s1. The maximum absolute atomic E-state index is 12.5. The second-order valence-corrected chi connectivity index (χ2v) is 5.67. The van der Waals surface area contributed by atoms with Crippen LogP contribution in [0.1, 0.15) is 26.2 Å². The average Bonchev–Trinajstić information content (AvgIpc) is 3.11. The molecule has 20 heavy (non-hydrogen) atoms. The summed E-state index contributed by atoms with van der Waals surface area (Å²) >= 11 is 0. The van der Waals surface area contributed by atoms with E-state index in [4.69, 9.17) is 4.74 Å². The van der Waals surface area contributed by atoms with Crippen LogP contribution in [0.5, 0.6) is 0 Å². The van der Waals surface area contributed by atoms with Gasteiger partial charge in [-0.25, -0.2) is 0 Å². The van der Waals surface area contributed by atoms with E-state index < -0.39 is 0 Å². The lowest BCUT2D eigenvalue weighted by atomic mass is 10.1. The lowest BCUT2D eigenvalue weighted by Gasteiger charge is -2.23. The number of carbonyl (C=O) groups excluding carboxylic acids is 1. The first-order chi connectivity index (χ1) is 9.75. The van der Waals surface area contributed by atoms with Crippen molar-refractivity contribution in [2.75, 3.05) is 18.1 Å². The number of hydrogen-bond acceptors (Lipinski definition) is 3. The molecule has 2 aliphatic heterocycles. The Morgan fingerprint density at radius 1 is 1.30 bits per heavy atom. The molecule has 1 aromatic carbocycles. The molecule has 2 saturated heterocycles. The molecule has 3 atom stereocenters. The molecule has 2 heterocycles. The largest absolute Gasteiger partial charge is 0.377 e. The van der Waals surface area contributed by atoms with E-state index in [1.807, 2.05) is 35.2 Å². The maximum Gasteiger partial charge on any atom is 0.244 e. The number of ether oxygens (including phenoxy) is 1. The first-order valence-corrected chi connectivity index (χ1v) is 7.50. The van der Waals surface area contributed by atoms with Crippen molar-refractivity contribution in [3.63, 3.8) is 0 Å². The molecule has 1 N–H and O–H groups in total. The second kappa shape index (κ2) is 5.94. The number of benzene rings is 1. The number of nitrogens with zero attached hydrogens (tertiary/aromatic N) is 1. The molecule has 0 bridgehead atoms. The number of nitrogens with one attached hydrogen (secondary N) is 1. The summed E-state index contributed by atoms with van der Waals surface area (Å²) in [5.41, 5.74) is 0.992. The summed E-state index contributed by atoms with van der Waals surface area (Å²) in [7, 11) is 0. The summed E-state index contributed by atoms with van der Waals surface area (Å²) in [6.07, 6.45) is 3.35. The van der Waals surface area contributed by atoms with E-state index in [2.05, 4.69) is 12.2 Å². The van der Waals surface area contributed by atoms with Gasteiger partial charge in [-0.1, -0.05) is 18.2 Å². The minimum atomic E-state index is -0.0746. The fraction of sp³-hybridized carbons (Fsp3) is 0.562. The monoisotopic (exact) mass is 274 g/mol. The van der Waals surface area contributed by atoms with Gasteiger partial charge in [-0.15, -0.1) is 0 Å². The third kappa shape index (κ3) is 2.72. The van der Waals surface area contributed by atoms with Crippen LogP contribution in [-0.2, 0) is 9.53 Å². The molecule has 3 rings (SSSR count). The van der Waals surface area contributed by atoms with Gasteiger partial charge in [-0.3, -0.25) is 4.79 Å². The van der Waals surface area contributed by atoms with Crippen LogP contribution in [0.2, 0.25) is 0 Å². The van der Waals surface area contributed by atoms with Crippen molar-refractivity contribution >= 4 is 11.6 Å². The third-order valence-electron chi connectivity index (χ3n) is 4.26. The Balaban J connectivity index is 1.61. The van der Waals surface area contributed by atoms with Crippen LogP contribution in [0, 0.1) is 0 Å². The highest BCUT2D eigenvalue weighted by Gasteiger charge is 2.35. The molecule has 0 aromatic heterocycles. The smallest absolute Gasteiger partial charge is 0.244 e. The summed E-state index contributed by atoms with van der Waals surface area (Å²) in [4.78, 5) is 14.4. The quantitative estimate of drug-likeness (QED) is 0.912. The molecule has 1 aromatic rings. The molecular weight excluding hydrogens is 252 g/mol. The van der Waals surface area contributed by atoms with Gasteiger partial charge >= 0.3 is 0 Å². The SMILES string of the molecule is C[C@H](N[C@@H]1CCN(c2ccccc2)C1=O)[C@@H]1CCCO1. The van der Waals surface area contributed by atoms with Crippen molar-refractivity contribution in [2.45, 2.75) is 44.4 Å². The van der Waals surface area contributed by atoms with Crippen LogP contribution < -0.4 is 10.2 Å². The van der Waals surface area contributed by atoms with Crippen molar-refractivity contribution in [1.82, 2.24) is 5.32 Å². The Morgan fingerprint density at radius 3 is 2.80 bits per heavy atom. The number of carbonyl (C=O) groups is 1. The zero-order valence-corrected chi connectivity index (χ0v) is 11.9. The Labute approximate surface area is 120 Å². The molecular formula is C16H22N2O2. The average molecular weight is 274 g/mol. The van der Waals surface area contributed by atoms with E-state index in [1.54, 1.807) is 0 Å². The highest BCUT2D eigenvalue weighted by Crippen LogP contribution is 2.22. The van der Waals surface area contributed by atoms with E-state index in [-0.39, 0.29) is 24.1 Å². The second-order valence-electron chi connectivity index (χ2n) is 5.67. The molecule has 0 saturated carbocycles. The minimum absolute atomic E-state index is 0.0746. The molecule has 2 aliphatic rings. The van der Waals surface area contributed by atoms with Crippen LogP contribution >= 0.6 is 0 Å². The van der Waals surface area contributed by atoms with Crippen molar-refractivity contribution in [2.24, 2.45) is 0 Å². The lowest BCUT2D eigenvalue weighted by Crippen LogP contribution is -2.47. The van der Waals surface area contributed by atoms with E-state index in [1.165, 1.54) is 0 Å². The van der Waals surface area contributed by atoms with E-state index in [0.29, 0.717) is 0 Å². The van der Waals surface area contributed by atoms with Gasteiger partial charge in [-0.2, -0.15) is 0 Å². The van der Waals surface area contributed by atoms with E-state index in [9.17, 15) is 4.79 Å². The fourth-order valence-corrected chi connectivity index (χ4v) is 3.12. The van der Waals surface area contributed by atoms with Gasteiger partial charge in [0.1, 0.15) is 0 Å².